The average Bonchev–Trinajstić information content (AvgIpc) is 2.03. The summed E-state index contributed by atoms with van der Waals surface area (Å²) in [6.07, 6.45) is 6.30. The molecule has 1 heteroatoms. The van der Waals surface area contributed by atoms with E-state index in [1.807, 2.05) is 0 Å². The molecule has 0 aromatic heterocycles. The molecular formula is C10H19N. The maximum Gasteiger partial charge on any atom is 0.0164 e. The number of allylic oxidation sites excluding steroid dienone is 1. The zero-order valence-corrected chi connectivity index (χ0v) is 7.69. The highest BCUT2D eigenvalue weighted by molar-refractivity contribution is 5.06. The van der Waals surface area contributed by atoms with Gasteiger partial charge in [-0.2, -0.15) is 0 Å². The predicted molar refractivity (Wildman–Crippen MR) is 49.6 cm³/mol. The fourth-order valence-corrected chi connectivity index (χ4v) is 1.35. The minimum Gasteiger partial charge on any atom is -0.313 e. The van der Waals surface area contributed by atoms with Gasteiger partial charge in [0.05, 0.1) is 0 Å². The van der Waals surface area contributed by atoms with Crippen molar-refractivity contribution in [2.24, 2.45) is 5.92 Å². The summed E-state index contributed by atoms with van der Waals surface area (Å²) in [4.78, 5) is 0. The largest absolute Gasteiger partial charge is 0.313 e. The maximum atomic E-state index is 3.39. The fourth-order valence-electron chi connectivity index (χ4n) is 1.35. The second-order valence-electron chi connectivity index (χ2n) is 3.77. The Labute approximate surface area is 69.9 Å². The Balaban J connectivity index is 2.26. The van der Waals surface area contributed by atoms with Crippen molar-refractivity contribution in [3.8, 4) is 0 Å². The minimum absolute atomic E-state index is 0.810. The zero-order valence-electron chi connectivity index (χ0n) is 7.69. The van der Waals surface area contributed by atoms with Gasteiger partial charge in [-0.3, -0.25) is 0 Å². The van der Waals surface area contributed by atoms with Crippen molar-refractivity contribution in [1.82, 2.24) is 5.32 Å². The molecule has 1 nitrogen and oxygen atoms in total. The lowest BCUT2D eigenvalue weighted by molar-refractivity contribution is 0.596. The predicted octanol–water partition coefficient (Wildman–Crippen LogP) is 2.34. The van der Waals surface area contributed by atoms with E-state index in [1.54, 1.807) is 5.57 Å². The van der Waals surface area contributed by atoms with Gasteiger partial charge in [-0.25, -0.2) is 0 Å². The molecule has 1 N–H and O–H groups in total. The number of hydrogen-bond acceptors (Lipinski definition) is 1. The normalized spacial score (nSPS) is 23.0. The molecule has 0 aliphatic carbocycles. The molecule has 0 atom stereocenters. The molecule has 1 aliphatic heterocycles. The molecular weight excluding hydrogens is 134 g/mol. The average molecular weight is 153 g/mol. The van der Waals surface area contributed by atoms with Crippen LogP contribution in [0.25, 0.3) is 0 Å². The second-order valence-corrected chi connectivity index (χ2v) is 3.77. The molecule has 11 heavy (non-hydrogen) atoms. The quantitative estimate of drug-likeness (QED) is 0.600. The lowest BCUT2D eigenvalue weighted by Crippen LogP contribution is -2.23. The molecule has 0 spiro atoms. The fraction of sp³-hybridized carbons (Fsp3) is 0.800. The van der Waals surface area contributed by atoms with Crippen LogP contribution in [0, 0.1) is 5.92 Å². The number of piperidine rings is 1. The summed E-state index contributed by atoms with van der Waals surface area (Å²) in [6.45, 7) is 6.88. The van der Waals surface area contributed by atoms with Crippen molar-refractivity contribution in [1.29, 1.82) is 0 Å². The van der Waals surface area contributed by atoms with E-state index in [-0.39, 0.29) is 0 Å². The number of rotatable bonds is 2. The molecule has 0 radical (unpaired) electrons. The van der Waals surface area contributed by atoms with Gasteiger partial charge in [0, 0.05) is 6.54 Å². The standard InChI is InChI=1S/C10H19N/c1-9(2)5-6-10-4-3-7-11-8-10/h6,9,11H,3-5,7-8H2,1-2H3. The highest BCUT2D eigenvalue weighted by atomic mass is 14.9. The Hall–Kier alpha value is -0.300. The maximum absolute atomic E-state index is 3.39. The molecule has 0 aromatic rings. The highest BCUT2D eigenvalue weighted by Gasteiger charge is 2.03. The third-order valence-electron chi connectivity index (χ3n) is 2.08. The van der Waals surface area contributed by atoms with Crippen molar-refractivity contribution in [2.75, 3.05) is 13.1 Å². The molecule has 0 bridgehead atoms. The van der Waals surface area contributed by atoms with Crippen LogP contribution in [0.2, 0.25) is 0 Å². The molecule has 1 saturated heterocycles. The number of nitrogens with one attached hydrogen (secondary N) is 1. The van der Waals surface area contributed by atoms with Crippen LogP contribution in [-0.2, 0) is 0 Å². The summed E-state index contributed by atoms with van der Waals surface area (Å²) < 4.78 is 0. The molecule has 1 rings (SSSR count). The van der Waals surface area contributed by atoms with Crippen LogP contribution in [-0.4, -0.2) is 13.1 Å². The van der Waals surface area contributed by atoms with Gasteiger partial charge in [0.2, 0.25) is 0 Å². The van der Waals surface area contributed by atoms with E-state index in [0.717, 1.165) is 12.5 Å². The van der Waals surface area contributed by atoms with Gasteiger partial charge >= 0.3 is 0 Å². The summed E-state index contributed by atoms with van der Waals surface area (Å²) in [5.74, 6) is 0.810. The SMILES string of the molecule is CC(C)CC=C1CCCNC1. The van der Waals surface area contributed by atoms with Gasteiger partial charge in [-0.15, -0.1) is 0 Å². The van der Waals surface area contributed by atoms with Gasteiger partial charge in [0.1, 0.15) is 0 Å². The van der Waals surface area contributed by atoms with Crippen LogP contribution >= 0.6 is 0 Å². The first-order chi connectivity index (χ1) is 5.29. The lowest BCUT2D eigenvalue weighted by Gasteiger charge is -2.15. The lowest BCUT2D eigenvalue weighted by atomic mass is 10.0. The number of hydrogen-bond donors (Lipinski definition) is 1. The van der Waals surface area contributed by atoms with Crippen LogP contribution in [0.15, 0.2) is 11.6 Å². The van der Waals surface area contributed by atoms with E-state index in [9.17, 15) is 0 Å². The van der Waals surface area contributed by atoms with Gasteiger partial charge in [0.15, 0.2) is 0 Å². The molecule has 1 fully saturated rings. The third kappa shape index (κ3) is 3.57. The minimum atomic E-state index is 0.810. The molecule has 1 heterocycles. The van der Waals surface area contributed by atoms with Gasteiger partial charge in [0.25, 0.3) is 0 Å². The monoisotopic (exact) mass is 153 g/mol. The van der Waals surface area contributed by atoms with E-state index < -0.39 is 0 Å². The summed E-state index contributed by atoms with van der Waals surface area (Å²) >= 11 is 0. The Morgan fingerprint density at radius 2 is 2.36 bits per heavy atom. The van der Waals surface area contributed by atoms with Crippen LogP contribution in [0.5, 0.6) is 0 Å². The molecule has 0 aromatic carbocycles. The van der Waals surface area contributed by atoms with Gasteiger partial charge in [-0.1, -0.05) is 25.5 Å². The first-order valence-electron chi connectivity index (χ1n) is 4.67. The third-order valence-corrected chi connectivity index (χ3v) is 2.08. The summed E-state index contributed by atoms with van der Waals surface area (Å²) in [5, 5.41) is 3.39. The molecule has 0 saturated carbocycles. The Morgan fingerprint density at radius 3 is 2.91 bits per heavy atom. The summed E-state index contributed by atoms with van der Waals surface area (Å²) in [7, 11) is 0. The van der Waals surface area contributed by atoms with E-state index in [0.29, 0.717) is 0 Å². The Morgan fingerprint density at radius 1 is 1.55 bits per heavy atom. The Kier molecular flexibility index (Phi) is 3.64. The summed E-state index contributed by atoms with van der Waals surface area (Å²) in [5.41, 5.74) is 1.62. The van der Waals surface area contributed by atoms with Crippen molar-refractivity contribution in [2.45, 2.75) is 33.1 Å². The molecule has 0 unspecified atom stereocenters. The van der Waals surface area contributed by atoms with Crippen molar-refractivity contribution in [3.05, 3.63) is 11.6 Å². The summed E-state index contributed by atoms with van der Waals surface area (Å²) in [6, 6.07) is 0. The highest BCUT2D eigenvalue weighted by Crippen LogP contribution is 2.11. The van der Waals surface area contributed by atoms with E-state index in [4.69, 9.17) is 0 Å². The topological polar surface area (TPSA) is 12.0 Å². The molecule has 0 amide bonds. The van der Waals surface area contributed by atoms with Crippen LogP contribution < -0.4 is 5.32 Å². The van der Waals surface area contributed by atoms with Crippen molar-refractivity contribution >= 4 is 0 Å². The van der Waals surface area contributed by atoms with E-state index >= 15 is 0 Å². The van der Waals surface area contributed by atoms with Crippen LogP contribution in [0.1, 0.15) is 33.1 Å². The van der Waals surface area contributed by atoms with E-state index in [1.165, 1.54) is 25.8 Å². The Bertz CT molecular complexity index is 128. The molecule has 64 valence electrons. The first-order valence-corrected chi connectivity index (χ1v) is 4.67. The molecule has 1 aliphatic rings. The first kappa shape index (κ1) is 8.79. The van der Waals surface area contributed by atoms with Crippen LogP contribution in [0.4, 0.5) is 0 Å². The van der Waals surface area contributed by atoms with Crippen LogP contribution in [0.3, 0.4) is 0 Å². The second kappa shape index (κ2) is 4.55. The van der Waals surface area contributed by atoms with Gasteiger partial charge in [-0.05, 0) is 31.7 Å². The van der Waals surface area contributed by atoms with Crippen molar-refractivity contribution in [3.63, 3.8) is 0 Å². The van der Waals surface area contributed by atoms with E-state index in [2.05, 4.69) is 25.2 Å². The van der Waals surface area contributed by atoms with Gasteiger partial charge < -0.3 is 5.32 Å². The zero-order chi connectivity index (χ0) is 8.10. The smallest absolute Gasteiger partial charge is 0.0164 e. The van der Waals surface area contributed by atoms with Crippen molar-refractivity contribution < 1.29 is 0 Å².